The van der Waals surface area contributed by atoms with Crippen LogP contribution in [0.2, 0.25) is 5.02 Å². The smallest absolute Gasteiger partial charge is 0.414 e. The van der Waals surface area contributed by atoms with Gasteiger partial charge in [0.15, 0.2) is 0 Å². The van der Waals surface area contributed by atoms with E-state index in [1.165, 1.54) is 0 Å². The van der Waals surface area contributed by atoms with Crippen LogP contribution in [0.25, 0.3) is 11.3 Å². The van der Waals surface area contributed by atoms with Crippen molar-refractivity contribution >= 4 is 29.5 Å². The number of aromatic nitrogens is 2. The molecule has 8 heteroatoms. The SMILES string of the molecule is Cn1c(-c2ccccc2)cnc1NCc1cccc(Cl)c1.O=C(O)C(=O)O. The molecule has 3 rings (SSSR count). The van der Waals surface area contributed by atoms with Crippen molar-refractivity contribution in [2.75, 3.05) is 5.32 Å². The molecule has 27 heavy (non-hydrogen) atoms. The van der Waals surface area contributed by atoms with E-state index in [1.807, 2.05) is 55.7 Å². The minimum Gasteiger partial charge on any atom is -0.473 e. The Labute approximate surface area is 160 Å². The molecule has 0 unspecified atom stereocenters. The Hall–Kier alpha value is -3.32. The second-order valence-corrected chi connectivity index (χ2v) is 5.92. The molecule has 2 aromatic carbocycles. The van der Waals surface area contributed by atoms with Crippen molar-refractivity contribution in [1.82, 2.24) is 9.55 Å². The van der Waals surface area contributed by atoms with E-state index in [4.69, 9.17) is 31.4 Å². The number of carboxylic acid groups (broad SMARTS) is 2. The largest absolute Gasteiger partial charge is 0.473 e. The number of aliphatic carboxylic acids is 2. The van der Waals surface area contributed by atoms with Crippen LogP contribution in [-0.2, 0) is 23.2 Å². The summed E-state index contributed by atoms with van der Waals surface area (Å²) in [4.78, 5) is 22.6. The molecule has 0 atom stereocenters. The quantitative estimate of drug-likeness (QED) is 0.592. The van der Waals surface area contributed by atoms with E-state index in [0.29, 0.717) is 6.54 Å². The lowest BCUT2D eigenvalue weighted by Crippen LogP contribution is -2.09. The van der Waals surface area contributed by atoms with Crippen LogP contribution in [0.5, 0.6) is 0 Å². The van der Waals surface area contributed by atoms with E-state index in [1.54, 1.807) is 0 Å². The fraction of sp³-hybridized carbons (Fsp3) is 0.105. The Balaban J connectivity index is 0.000000380. The van der Waals surface area contributed by atoms with Gasteiger partial charge in [-0.3, -0.25) is 0 Å². The van der Waals surface area contributed by atoms with Crippen molar-refractivity contribution in [1.29, 1.82) is 0 Å². The lowest BCUT2D eigenvalue weighted by Gasteiger charge is -2.08. The fourth-order valence-corrected chi connectivity index (χ4v) is 2.49. The highest BCUT2D eigenvalue weighted by atomic mass is 35.5. The van der Waals surface area contributed by atoms with E-state index in [0.717, 1.165) is 27.8 Å². The number of carbonyl (C=O) groups is 2. The van der Waals surface area contributed by atoms with Crippen molar-refractivity contribution < 1.29 is 19.8 Å². The normalized spacial score (nSPS) is 9.85. The number of hydrogen-bond acceptors (Lipinski definition) is 4. The molecule has 0 bridgehead atoms. The van der Waals surface area contributed by atoms with Crippen LogP contribution < -0.4 is 5.32 Å². The maximum atomic E-state index is 9.10. The summed E-state index contributed by atoms with van der Waals surface area (Å²) in [5.74, 6) is -2.81. The van der Waals surface area contributed by atoms with Crippen molar-refractivity contribution in [2.45, 2.75) is 6.54 Å². The summed E-state index contributed by atoms with van der Waals surface area (Å²) in [5, 5.41) is 18.9. The number of imidazole rings is 1. The molecule has 1 heterocycles. The third kappa shape index (κ3) is 5.86. The van der Waals surface area contributed by atoms with Crippen molar-refractivity contribution in [2.24, 2.45) is 7.05 Å². The average molecular weight is 388 g/mol. The summed E-state index contributed by atoms with van der Waals surface area (Å²) in [5.41, 5.74) is 3.37. The van der Waals surface area contributed by atoms with E-state index in [9.17, 15) is 0 Å². The minimum absolute atomic E-state index is 0.694. The van der Waals surface area contributed by atoms with Gasteiger partial charge in [0.2, 0.25) is 5.95 Å². The fourth-order valence-electron chi connectivity index (χ4n) is 2.28. The highest BCUT2D eigenvalue weighted by Gasteiger charge is 2.07. The molecule has 3 N–H and O–H groups in total. The predicted octanol–water partition coefficient (Wildman–Crippen LogP) is 3.51. The molecule has 0 aliphatic carbocycles. The molecule has 3 aromatic rings. The zero-order valence-corrected chi connectivity index (χ0v) is 15.2. The van der Waals surface area contributed by atoms with Gasteiger partial charge in [0.05, 0.1) is 11.9 Å². The molecule has 0 aliphatic rings. The first kappa shape index (κ1) is 20.0. The van der Waals surface area contributed by atoms with Gasteiger partial charge in [-0.15, -0.1) is 0 Å². The first-order chi connectivity index (χ1) is 12.9. The van der Waals surface area contributed by atoms with E-state index >= 15 is 0 Å². The highest BCUT2D eigenvalue weighted by molar-refractivity contribution is 6.30. The summed E-state index contributed by atoms with van der Waals surface area (Å²) < 4.78 is 2.06. The highest BCUT2D eigenvalue weighted by Crippen LogP contribution is 2.22. The topological polar surface area (TPSA) is 104 Å². The molecular formula is C19H18ClN3O4. The number of halogens is 1. The maximum absolute atomic E-state index is 9.10. The van der Waals surface area contributed by atoms with Crippen LogP contribution in [0.1, 0.15) is 5.56 Å². The Kier molecular flexibility index (Phi) is 6.96. The number of carboxylic acids is 2. The van der Waals surface area contributed by atoms with Crippen LogP contribution in [0.4, 0.5) is 5.95 Å². The van der Waals surface area contributed by atoms with Gasteiger partial charge in [0, 0.05) is 18.6 Å². The van der Waals surface area contributed by atoms with Gasteiger partial charge in [-0.25, -0.2) is 14.6 Å². The van der Waals surface area contributed by atoms with Gasteiger partial charge >= 0.3 is 11.9 Å². The van der Waals surface area contributed by atoms with Gasteiger partial charge < -0.3 is 20.1 Å². The summed E-state index contributed by atoms with van der Waals surface area (Å²) in [6, 6.07) is 18.1. The minimum atomic E-state index is -1.82. The molecule has 0 radical (unpaired) electrons. The Morgan fingerprint density at radius 3 is 2.33 bits per heavy atom. The molecule has 140 valence electrons. The Morgan fingerprint density at radius 2 is 1.74 bits per heavy atom. The molecule has 0 amide bonds. The van der Waals surface area contributed by atoms with Gasteiger partial charge in [-0.2, -0.15) is 0 Å². The zero-order chi connectivity index (χ0) is 19.8. The lowest BCUT2D eigenvalue weighted by molar-refractivity contribution is -0.159. The van der Waals surface area contributed by atoms with Gasteiger partial charge in [-0.05, 0) is 23.3 Å². The molecule has 0 saturated carbocycles. The number of rotatable bonds is 4. The van der Waals surface area contributed by atoms with Crippen LogP contribution in [0.15, 0.2) is 60.8 Å². The van der Waals surface area contributed by atoms with Crippen molar-refractivity contribution in [3.05, 3.63) is 71.4 Å². The third-order valence-electron chi connectivity index (χ3n) is 3.58. The van der Waals surface area contributed by atoms with Crippen LogP contribution in [0.3, 0.4) is 0 Å². The number of nitrogens with zero attached hydrogens (tertiary/aromatic N) is 2. The first-order valence-corrected chi connectivity index (χ1v) is 8.28. The van der Waals surface area contributed by atoms with Gasteiger partial charge in [-0.1, -0.05) is 54.1 Å². The molecule has 0 saturated heterocycles. The van der Waals surface area contributed by atoms with E-state index in [2.05, 4.69) is 27.0 Å². The van der Waals surface area contributed by atoms with Crippen molar-refractivity contribution in [3.63, 3.8) is 0 Å². The van der Waals surface area contributed by atoms with E-state index in [-0.39, 0.29) is 0 Å². The summed E-state index contributed by atoms with van der Waals surface area (Å²) in [7, 11) is 2.01. The standard InChI is InChI=1S/C17H16ClN3.C2H2O4/c1-21-16(14-7-3-2-4-8-14)12-20-17(21)19-11-13-6-5-9-15(18)10-13;3-1(4)2(5)6/h2-10,12H,11H2,1H3,(H,19,20);(H,3,4)(H,5,6). The lowest BCUT2D eigenvalue weighted by atomic mass is 10.2. The van der Waals surface area contributed by atoms with Crippen molar-refractivity contribution in [3.8, 4) is 11.3 Å². The monoisotopic (exact) mass is 387 g/mol. The molecule has 0 fully saturated rings. The second-order valence-electron chi connectivity index (χ2n) is 5.49. The Bertz CT molecular complexity index is 914. The Morgan fingerprint density at radius 1 is 1.07 bits per heavy atom. The molecule has 0 aliphatic heterocycles. The molecule has 1 aromatic heterocycles. The van der Waals surface area contributed by atoms with E-state index < -0.39 is 11.9 Å². The summed E-state index contributed by atoms with van der Waals surface area (Å²) >= 11 is 5.99. The van der Waals surface area contributed by atoms with Crippen LogP contribution >= 0.6 is 11.6 Å². The average Bonchev–Trinajstić information content (AvgIpc) is 3.02. The van der Waals surface area contributed by atoms with Gasteiger partial charge in [0.25, 0.3) is 0 Å². The maximum Gasteiger partial charge on any atom is 0.414 e. The number of hydrogen-bond donors (Lipinski definition) is 3. The number of anilines is 1. The van der Waals surface area contributed by atoms with Gasteiger partial charge in [0.1, 0.15) is 0 Å². The van der Waals surface area contributed by atoms with Crippen LogP contribution in [0, 0.1) is 0 Å². The first-order valence-electron chi connectivity index (χ1n) is 7.90. The molecule has 7 nitrogen and oxygen atoms in total. The van der Waals surface area contributed by atoms with Crippen LogP contribution in [-0.4, -0.2) is 31.7 Å². The second kappa shape index (κ2) is 9.40. The molecule has 0 spiro atoms. The zero-order valence-electron chi connectivity index (χ0n) is 14.5. The molecular weight excluding hydrogens is 370 g/mol. The summed E-state index contributed by atoms with van der Waals surface area (Å²) in [6.45, 7) is 0.694. The summed E-state index contributed by atoms with van der Waals surface area (Å²) in [6.07, 6.45) is 1.88. The number of nitrogens with one attached hydrogen (secondary N) is 1. The third-order valence-corrected chi connectivity index (χ3v) is 3.82. The number of benzene rings is 2. The predicted molar refractivity (Wildman–Crippen MR) is 103 cm³/mol.